The first kappa shape index (κ1) is 20.1. The Balaban J connectivity index is 1.76. The van der Waals surface area contributed by atoms with Crippen LogP contribution in [0.2, 0.25) is 0 Å². The average molecular weight is 430 g/mol. The van der Waals surface area contributed by atoms with Crippen molar-refractivity contribution in [3.05, 3.63) is 84.8 Å². The first-order valence-electron chi connectivity index (χ1n) is 7.84. The number of thiocarbonyl (C=S) groups is 1. The Labute approximate surface area is 172 Å². The van der Waals surface area contributed by atoms with Gasteiger partial charge >= 0.3 is 0 Å². The van der Waals surface area contributed by atoms with Crippen LogP contribution in [-0.4, -0.2) is 31.0 Å². The minimum atomic E-state index is -0.735. The van der Waals surface area contributed by atoms with Gasteiger partial charge in [-0.2, -0.15) is 5.01 Å². The number of benzene rings is 2. The van der Waals surface area contributed by atoms with Gasteiger partial charge in [-0.05, 0) is 42.1 Å². The van der Waals surface area contributed by atoms with E-state index in [1.807, 2.05) is 0 Å². The van der Waals surface area contributed by atoms with Crippen molar-refractivity contribution >= 4 is 57.6 Å². The summed E-state index contributed by atoms with van der Waals surface area (Å²) in [5, 5.41) is 22.4. The van der Waals surface area contributed by atoms with Crippen molar-refractivity contribution in [2.45, 2.75) is 0 Å². The zero-order valence-corrected chi connectivity index (χ0v) is 15.9. The Morgan fingerprint density at radius 2 is 1.72 bits per heavy atom. The molecule has 1 N–H and O–H groups in total. The largest absolute Gasteiger partial charge is 0.285 e. The van der Waals surface area contributed by atoms with E-state index in [2.05, 4.69) is 5.43 Å². The van der Waals surface area contributed by atoms with Crippen molar-refractivity contribution in [1.82, 2.24) is 10.4 Å². The molecule has 0 spiro atoms. The number of hydrogen-bond donors (Lipinski definition) is 1. The summed E-state index contributed by atoms with van der Waals surface area (Å²) in [4.78, 5) is 45.5. The van der Waals surface area contributed by atoms with Crippen molar-refractivity contribution in [3.8, 4) is 0 Å². The molecule has 0 aromatic heterocycles. The normalized spacial score (nSPS) is 14.9. The Bertz CT molecular complexity index is 1080. The highest BCUT2D eigenvalue weighted by molar-refractivity contribution is 8.26. The number of nitrogens with zero attached hydrogens (tertiary/aromatic N) is 3. The third-order valence-electron chi connectivity index (χ3n) is 3.73. The summed E-state index contributed by atoms with van der Waals surface area (Å²) < 4.78 is 0.0712. The quantitative estimate of drug-likeness (QED) is 0.331. The molecule has 0 bridgehead atoms. The van der Waals surface area contributed by atoms with Crippen LogP contribution in [0, 0.1) is 20.2 Å². The second-order valence-electron chi connectivity index (χ2n) is 5.61. The molecular weight excluding hydrogens is 420 g/mol. The first-order valence-corrected chi connectivity index (χ1v) is 9.06. The third kappa shape index (κ3) is 4.44. The van der Waals surface area contributed by atoms with Crippen LogP contribution >= 0.6 is 24.0 Å². The lowest BCUT2D eigenvalue weighted by molar-refractivity contribution is -0.385. The molecule has 1 saturated heterocycles. The highest BCUT2D eigenvalue weighted by Crippen LogP contribution is 2.31. The molecule has 1 fully saturated rings. The molecule has 2 aromatic carbocycles. The molecule has 1 heterocycles. The van der Waals surface area contributed by atoms with Crippen LogP contribution in [0.1, 0.15) is 15.9 Å². The van der Waals surface area contributed by atoms with Crippen molar-refractivity contribution in [2.24, 2.45) is 0 Å². The van der Waals surface area contributed by atoms with E-state index >= 15 is 0 Å². The summed E-state index contributed by atoms with van der Waals surface area (Å²) >= 11 is 6.06. The van der Waals surface area contributed by atoms with Gasteiger partial charge in [-0.25, -0.2) is 0 Å². The van der Waals surface area contributed by atoms with Gasteiger partial charge in [-0.3, -0.25) is 35.2 Å². The predicted molar refractivity (Wildman–Crippen MR) is 109 cm³/mol. The molecule has 10 nitrogen and oxygen atoms in total. The summed E-state index contributed by atoms with van der Waals surface area (Å²) in [7, 11) is 0. The van der Waals surface area contributed by atoms with Gasteiger partial charge in [0.1, 0.15) is 0 Å². The highest BCUT2D eigenvalue weighted by atomic mass is 32.2. The van der Waals surface area contributed by atoms with Crippen LogP contribution < -0.4 is 5.43 Å². The van der Waals surface area contributed by atoms with Gasteiger partial charge in [0.2, 0.25) is 0 Å². The number of amides is 2. The maximum Gasteiger partial charge on any atom is 0.285 e. The lowest BCUT2D eigenvalue weighted by atomic mass is 10.2. The lowest BCUT2D eigenvalue weighted by Crippen LogP contribution is -2.44. The average Bonchev–Trinajstić information content (AvgIpc) is 2.95. The molecule has 1 aliphatic rings. The second kappa shape index (κ2) is 8.16. The number of nitro benzene ring substituents is 2. The van der Waals surface area contributed by atoms with Gasteiger partial charge in [0.25, 0.3) is 23.2 Å². The van der Waals surface area contributed by atoms with Crippen LogP contribution in [0.25, 0.3) is 6.08 Å². The smallest absolute Gasteiger partial charge is 0.267 e. The molecule has 12 heteroatoms. The molecule has 146 valence electrons. The standard InChI is InChI=1S/C17H10N4O6S2/c22-15(11-2-1-3-13(9-11)21(26)27)18-19-16(23)14(29-17(19)28)8-10-4-6-12(7-5-10)20(24)25/h1-9H,(H,18,22). The zero-order valence-electron chi connectivity index (χ0n) is 14.3. The molecule has 3 rings (SSSR count). The Hall–Kier alpha value is -3.64. The van der Waals surface area contributed by atoms with E-state index in [4.69, 9.17) is 12.2 Å². The van der Waals surface area contributed by atoms with Gasteiger partial charge in [-0.1, -0.05) is 17.8 Å². The van der Waals surface area contributed by atoms with Gasteiger partial charge in [0, 0.05) is 29.8 Å². The second-order valence-corrected chi connectivity index (χ2v) is 7.29. The van der Waals surface area contributed by atoms with E-state index in [9.17, 15) is 29.8 Å². The topological polar surface area (TPSA) is 136 Å². The number of nitrogens with one attached hydrogen (secondary N) is 1. The molecule has 0 aliphatic carbocycles. The molecular formula is C17H10N4O6S2. The van der Waals surface area contributed by atoms with Crippen LogP contribution in [0.3, 0.4) is 0 Å². The van der Waals surface area contributed by atoms with Gasteiger partial charge in [0.15, 0.2) is 4.32 Å². The van der Waals surface area contributed by atoms with Crippen LogP contribution in [0.15, 0.2) is 53.4 Å². The zero-order chi connectivity index (χ0) is 21.1. The Morgan fingerprint density at radius 1 is 1.07 bits per heavy atom. The minimum absolute atomic E-state index is 0.00685. The van der Waals surface area contributed by atoms with Crippen LogP contribution in [0.4, 0.5) is 11.4 Å². The fourth-order valence-electron chi connectivity index (χ4n) is 2.33. The maximum absolute atomic E-state index is 12.6. The monoisotopic (exact) mass is 430 g/mol. The molecule has 0 saturated carbocycles. The molecule has 0 radical (unpaired) electrons. The van der Waals surface area contributed by atoms with Crippen LogP contribution in [0.5, 0.6) is 0 Å². The first-order chi connectivity index (χ1) is 13.8. The van der Waals surface area contributed by atoms with E-state index in [0.717, 1.165) is 22.8 Å². The Morgan fingerprint density at radius 3 is 2.34 bits per heavy atom. The number of hydrazine groups is 1. The van der Waals surface area contributed by atoms with Gasteiger partial charge in [0.05, 0.1) is 14.8 Å². The molecule has 29 heavy (non-hydrogen) atoms. The number of hydrogen-bond acceptors (Lipinski definition) is 8. The molecule has 2 amide bonds. The number of carbonyl (C=O) groups is 2. The van der Waals surface area contributed by atoms with E-state index in [0.29, 0.717) is 5.56 Å². The maximum atomic E-state index is 12.6. The number of rotatable bonds is 5. The highest BCUT2D eigenvalue weighted by Gasteiger charge is 2.34. The van der Waals surface area contributed by atoms with E-state index in [1.165, 1.54) is 48.5 Å². The van der Waals surface area contributed by atoms with E-state index in [1.54, 1.807) is 0 Å². The fraction of sp³-hybridized carbons (Fsp3) is 0. The van der Waals surface area contributed by atoms with Crippen molar-refractivity contribution in [1.29, 1.82) is 0 Å². The number of non-ortho nitro benzene ring substituents is 2. The summed E-state index contributed by atoms with van der Waals surface area (Å²) in [5.41, 5.74) is 2.52. The molecule has 0 atom stereocenters. The fourth-order valence-corrected chi connectivity index (χ4v) is 3.51. The number of thioether (sulfide) groups is 1. The summed E-state index contributed by atoms with van der Waals surface area (Å²) in [5.74, 6) is -1.32. The van der Waals surface area contributed by atoms with Crippen molar-refractivity contribution in [2.75, 3.05) is 0 Å². The molecule has 1 aliphatic heterocycles. The third-order valence-corrected chi connectivity index (χ3v) is 5.03. The van der Waals surface area contributed by atoms with Crippen molar-refractivity contribution < 1.29 is 19.4 Å². The van der Waals surface area contributed by atoms with Gasteiger partial charge < -0.3 is 0 Å². The number of carbonyl (C=O) groups excluding carboxylic acids is 2. The summed E-state index contributed by atoms with van der Waals surface area (Å²) in [6, 6.07) is 10.6. The summed E-state index contributed by atoms with van der Waals surface area (Å²) in [6.45, 7) is 0. The lowest BCUT2D eigenvalue weighted by Gasteiger charge is -2.15. The number of nitro groups is 2. The van der Waals surface area contributed by atoms with Crippen molar-refractivity contribution in [3.63, 3.8) is 0 Å². The predicted octanol–water partition coefficient (Wildman–Crippen LogP) is 3.05. The van der Waals surface area contributed by atoms with Crippen LogP contribution in [-0.2, 0) is 4.79 Å². The Kier molecular flexibility index (Phi) is 5.66. The minimum Gasteiger partial charge on any atom is -0.267 e. The van der Waals surface area contributed by atoms with E-state index < -0.39 is 21.7 Å². The molecule has 0 unspecified atom stereocenters. The summed E-state index contributed by atoms with van der Waals surface area (Å²) in [6.07, 6.45) is 1.49. The molecule has 2 aromatic rings. The SMILES string of the molecule is O=C(NN1C(=O)C(=Cc2ccc([N+](=O)[O-])cc2)SC1=S)c1cccc([N+](=O)[O-])c1. The van der Waals surface area contributed by atoms with E-state index in [-0.39, 0.29) is 26.2 Å². The van der Waals surface area contributed by atoms with Gasteiger partial charge in [-0.15, -0.1) is 0 Å².